The highest BCUT2D eigenvalue weighted by Crippen LogP contribution is 2.07. The molecule has 1 aromatic rings. The summed E-state index contributed by atoms with van der Waals surface area (Å²) in [4.78, 5) is 13.7. The zero-order chi connectivity index (χ0) is 12.8. The van der Waals surface area contributed by atoms with Gasteiger partial charge in [-0.1, -0.05) is 12.0 Å². The number of piperazine rings is 1. The van der Waals surface area contributed by atoms with Gasteiger partial charge in [0, 0.05) is 32.6 Å². The van der Waals surface area contributed by atoms with Gasteiger partial charge in [0.05, 0.1) is 6.54 Å². The standard InChI is InChI=1S/C11H19N5O2/c1-2-3-9-14-15-11(18-9)13-8-10(17)16-6-4-12-5-7-16/h12H,2-8H2,1H3,(H,13,15). The van der Waals surface area contributed by atoms with Crippen LogP contribution in [0.3, 0.4) is 0 Å². The number of aryl methyl sites for hydroxylation is 1. The molecule has 2 N–H and O–H groups in total. The zero-order valence-electron chi connectivity index (χ0n) is 10.6. The Hall–Kier alpha value is -1.63. The summed E-state index contributed by atoms with van der Waals surface area (Å²) in [6.45, 7) is 5.47. The average molecular weight is 253 g/mol. The second-order valence-electron chi connectivity index (χ2n) is 4.24. The minimum Gasteiger partial charge on any atom is -0.408 e. The maximum Gasteiger partial charge on any atom is 0.315 e. The summed E-state index contributed by atoms with van der Waals surface area (Å²) in [6, 6.07) is 0.321. The van der Waals surface area contributed by atoms with Gasteiger partial charge >= 0.3 is 6.01 Å². The van der Waals surface area contributed by atoms with Gasteiger partial charge in [0.25, 0.3) is 0 Å². The van der Waals surface area contributed by atoms with Crippen LogP contribution in [0.2, 0.25) is 0 Å². The van der Waals surface area contributed by atoms with Crippen LogP contribution in [-0.4, -0.2) is 53.7 Å². The molecule has 1 saturated heterocycles. The number of amides is 1. The van der Waals surface area contributed by atoms with Crippen LogP contribution in [0.4, 0.5) is 6.01 Å². The molecule has 100 valence electrons. The lowest BCUT2D eigenvalue weighted by atomic mass is 10.3. The summed E-state index contributed by atoms with van der Waals surface area (Å²) in [5, 5.41) is 13.8. The third kappa shape index (κ3) is 3.43. The summed E-state index contributed by atoms with van der Waals surface area (Å²) in [5.74, 6) is 0.668. The maximum atomic E-state index is 11.8. The van der Waals surface area contributed by atoms with E-state index in [9.17, 15) is 4.79 Å². The van der Waals surface area contributed by atoms with Crippen molar-refractivity contribution in [1.29, 1.82) is 0 Å². The molecule has 18 heavy (non-hydrogen) atoms. The van der Waals surface area contributed by atoms with Crippen LogP contribution in [0.25, 0.3) is 0 Å². The number of carbonyl (C=O) groups excluding carboxylic acids is 1. The van der Waals surface area contributed by atoms with Crippen molar-refractivity contribution in [2.24, 2.45) is 0 Å². The molecule has 0 spiro atoms. The van der Waals surface area contributed by atoms with Gasteiger partial charge in [-0.05, 0) is 6.42 Å². The third-order valence-electron chi connectivity index (χ3n) is 2.79. The first kappa shape index (κ1) is 12.8. The summed E-state index contributed by atoms with van der Waals surface area (Å²) in [7, 11) is 0. The predicted molar refractivity (Wildman–Crippen MR) is 66.2 cm³/mol. The molecule has 7 nitrogen and oxygen atoms in total. The number of hydrogen-bond acceptors (Lipinski definition) is 6. The van der Waals surface area contributed by atoms with Gasteiger partial charge in [-0.2, -0.15) is 0 Å². The summed E-state index contributed by atoms with van der Waals surface area (Å²) in [6.07, 6.45) is 1.72. The Labute approximate surface area is 106 Å². The van der Waals surface area contributed by atoms with Crippen LogP contribution >= 0.6 is 0 Å². The van der Waals surface area contributed by atoms with Crippen LogP contribution in [0.1, 0.15) is 19.2 Å². The first-order valence-corrected chi connectivity index (χ1v) is 6.34. The third-order valence-corrected chi connectivity index (χ3v) is 2.79. The van der Waals surface area contributed by atoms with Crippen molar-refractivity contribution in [1.82, 2.24) is 20.4 Å². The number of aromatic nitrogens is 2. The number of carbonyl (C=O) groups is 1. The molecule has 0 bridgehead atoms. The molecule has 0 aliphatic carbocycles. The number of anilines is 1. The van der Waals surface area contributed by atoms with E-state index in [2.05, 4.69) is 20.8 Å². The quantitative estimate of drug-likeness (QED) is 0.760. The molecule has 1 aliphatic rings. The van der Waals surface area contributed by atoms with Gasteiger partial charge in [-0.25, -0.2) is 0 Å². The molecule has 2 rings (SSSR count). The van der Waals surface area contributed by atoms with Crippen LogP contribution in [0, 0.1) is 0 Å². The number of hydrogen-bond donors (Lipinski definition) is 2. The lowest BCUT2D eigenvalue weighted by Gasteiger charge is -2.27. The Morgan fingerprint density at radius 1 is 1.44 bits per heavy atom. The second kappa shape index (κ2) is 6.34. The molecule has 2 heterocycles. The fraction of sp³-hybridized carbons (Fsp3) is 0.727. The van der Waals surface area contributed by atoms with E-state index in [1.54, 1.807) is 0 Å². The predicted octanol–water partition coefficient (Wildman–Crippen LogP) is -0.134. The fourth-order valence-corrected chi connectivity index (χ4v) is 1.82. The topological polar surface area (TPSA) is 83.3 Å². The molecule has 0 aromatic carbocycles. The lowest BCUT2D eigenvalue weighted by molar-refractivity contribution is -0.129. The van der Waals surface area contributed by atoms with Gasteiger partial charge in [0.1, 0.15) is 0 Å². The van der Waals surface area contributed by atoms with Crippen molar-refractivity contribution in [2.75, 3.05) is 38.0 Å². The van der Waals surface area contributed by atoms with E-state index in [4.69, 9.17) is 4.42 Å². The number of rotatable bonds is 5. The molecule has 7 heteroatoms. The van der Waals surface area contributed by atoms with Gasteiger partial charge in [0.15, 0.2) is 0 Å². The summed E-state index contributed by atoms with van der Waals surface area (Å²) in [5.41, 5.74) is 0. The molecule has 1 aliphatic heterocycles. The van der Waals surface area contributed by atoms with Crippen LogP contribution < -0.4 is 10.6 Å². The molecular formula is C11H19N5O2. The van der Waals surface area contributed by atoms with Crippen molar-refractivity contribution in [3.8, 4) is 0 Å². The van der Waals surface area contributed by atoms with E-state index in [0.29, 0.717) is 11.9 Å². The van der Waals surface area contributed by atoms with E-state index in [1.165, 1.54) is 0 Å². The first-order chi connectivity index (χ1) is 8.79. The van der Waals surface area contributed by atoms with E-state index >= 15 is 0 Å². The SMILES string of the molecule is CCCc1nnc(NCC(=O)N2CCNCC2)o1. The molecule has 0 saturated carbocycles. The molecule has 1 fully saturated rings. The van der Waals surface area contributed by atoms with Crippen LogP contribution in [-0.2, 0) is 11.2 Å². The monoisotopic (exact) mass is 253 g/mol. The van der Waals surface area contributed by atoms with Gasteiger partial charge in [0.2, 0.25) is 11.8 Å². The smallest absolute Gasteiger partial charge is 0.315 e. The van der Waals surface area contributed by atoms with Crippen molar-refractivity contribution in [2.45, 2.75) is 19.8 Å². The Balaban J connectivity index is 1.77. The second-order valence-corrected chi connectivity index (χ2v) is 4.24. The highest BCUT2D eigenvalue weighted by molar-refractivity contribution is 5.80. The molecule has 0 unspecified atom stereocenters. The van der Waals surface area contributed by atoms with Crippen LogP contribution in [0.15, 0.2) is 4.42 Å². The van der Waals surface area contributed by atoms with E-state index in [-0.39, 0.29) is 12.5 Å². The minimum atomic E-state index is 0.0618. The number of nitrogens with zero attached hydrogens (tertiary/aromatic N) is 3. The first-order valence-electron chi connectivity index (χ1n) is 6.34. The Bertz CT molecular complexity index is 387. The molecule has 0 radical (unpaired) electrons. The normalized spacial score (nSPS) is 15.7. The summed E-state index contributed by atoms with van der Waals surface area (Å²) < 4.78 is 5.35. The van der Waals surface area contributed by atoms with E-state index in [0.717, 1.165) is 39.0 Å². The van der Waals surface area contributed by atoms with Crippen molar-refractivity contribution < 1.29 is 9.21 Å². The summed E-state index contributed by atoms with van der Waals surface area (Å²) >= 11 is 0. The maximum absolute atomic E-state index is 11.8. The molecule has 1 aromatic heterocycles. The Kier molecular flexibility index (Phi) is 4.52. The van der Waals surface area contributed by atoms with E-state index in [1.807, 2.05) is 11.8 Å². The molecule has 1 amide bonds. The van der Waals surface area contributed by atoms with Gasteiger partial charge in [-0.3, -0.25) is 4.79 Å². The largest absolute Gasteiger partial charge is 0.408 e. The minimum absolute atomic E-state index is 0.0618. The highest BCUT2D eigenvalue weighted by atomic mass is 16.4. The molecular weight excluding hydrogens is 234 g/mol. The van der Waals surface area contributed by atoms with E-state index < -0.39 is 0 Å². The Morgan fingerprint density at radius 3 is 2.94 bits per heavy atom. The fourth-order valence-electron chi connectivity index (χ4n) is 1.82. The lowest BCUT2D eigenvalue weighted by Crippen LogP contribution is -2.48. The average Bonchev–Trinajstić information content (AvgIpc) is 2.85. The zero-order valence-corrected chi connectivity index (χ0v) is 10.6. The van der Waals surface area contributed by atoms with Crippen LogP contribution in [0.5, 0.6) is 0 Å². The van der Waals surface area contributed by atoms with Gasteiger partial charge < -0.3 is 20.0 Å². The molecule has 0 atom stereocenters. The van der Waals surface area contributed by atoms with Crippen molar-refractivity contribution >= 4 is 11.9 Å². The highest BCUT2D eigenvalue weighted by Gasteiger charge is 2.16. The van der Waals surface area contributed by atoms with Crippen molar-refractivity contribution in [3.63, 3.8) is 0 Å². The van der Waals surface area contributed by atoms with Crippen molar-refractivity contribution in [3.05, 3.63) is 5.89 Å². The van der Waals surface area contributed by atoms with Gasteiger partial charge in [-0.15, -0.1) is 5.10 Å². The Morgan fingerprint density at radius 2 is 2.22 bits per heavy atom. The number of nitrogens with one attached hydrogen (secondary N) is 2.